The monoisotopic (exact) mass is 442 g/mol. The van der Waals surface area contributed by atoms with Crippen LogP contribution in [0.15, 0.2) is 18.2 Å². The molecule has 4 rings (SSSR count). The van der Waals surface area contributed by atoms with Gasteiger partial charge in [-0.3, -0.25) is 14.8 Å². The van der Waals surface area contributed by atoms with Gasteiger partial charge in [0.25, 0.3) is 5.91 Å². The molecule has 0 radical (unpaired) electrons. The minimum atomic E-state index is -5.08. The highest BCUT2D eigenvalue weighted by molar-refractivity contribution is 5.93. The zero-order valence-electron chi connectivity index (χ0n) is 16.8. The summed E-state index contributed by atoms with van der Waals surface area (Å²) in [5.41, 5.74) is 3.83. The van der Waals surface area contributed by atoms with Crippen LogP contribution in [0.25, 0.3) is 0 Å². The Hall–Kier alpha value is -3.28. The van der Waals surface area contributed by atoms with E-state index in [0.717, 1.165) is 48.8 Å². The third-order valence-electron chi connectivity index (χ3n) is 4.71. The van der Waals surface area contributed by atoms with Crippen molar-refractivity contribution >= 4 is 11.9 Å². The summed E-state index contributed by atoms with van der Waals surface area (Å²) < 4.78 is 42.5. The zero-order chi connectivity index (χ0) is 22.8. The Bertz CT molecular complexity index is 974. The lowest BCUT2D eigenvalue weighted by Crippen LogP contribution is -2.31. The molecule has 1 aromatic heterocycles. The Morgan fingerprint density at radius 3 is 2.58 bits per heavy atom. The van der Waals surface area contributed by atoms with Crippen molar-refractivity contribution in [2.75, 3.05) is 27.4 Å². The van der Waals surface area contributed by atoms with Gasteiger partial charge in [0, 0.05) is 39.3 Å². The van der Waals surface area contributed by atoms with Crippen molar-refractivity contribution in [1.29, 1.82) is 0 Å². The van der Waals surface area contributed by atoms with Crippen LogP contribution in [-0.4, -0.2) is 70.6 Å². The predicted molar refractivity (Wildman–Crippen MR) is 101 cm³/mol. The molecule has 0 bridgehead atoms. The van der Waals surface area contributed by atoms with Gasteiger partial charge in [0.15, 0.2) is 17.2 Å². The third-order valence-corrected chi connectivity index (χ3v) is 4.71. The second kappa shape index (κ2) is 8.84. The summed E-state index contributed by atoms with van der Waals surface area (Å²) in [4.78, 5) is 25.0. The predicted octanol–water partition coefficient (Wildman–Crippen LogP) is 2.03. The maximum Gasteiger partial charge on any atom is 0.490 e. The first kappa shape index (κ1) is 22.4. The molecule has 9 nitrogen and oxygen atoms in total. The van der Waals surface area contributed by atoms with E-state index in [0.29, 0.717) is 12.5 Å². The molecular weight excluding hydrogens is 421 g/mol. The molecule has 0 spiro atoms. The number of H-pyrrole nitrogens is 1. The largest absolute Gasteiger partial charge is 0.490 e. The standard InChI is InChI=1S/C17H20N4O3.C2HF3O2/c1-20(2)17(22)16-12-5-6-21(9-13(12)18-19-16)8-11-3-4-14-15(7-11)24-10-23-14;3-2(4,5)1(6)7/h3-4,7H,5-6,8-10H2,1-2H3,(H,18,19);(H,6,7). The summed E-state index contributed by atoms with van der Waals surface area (Å²) in [6, 6.07) is 6.06. The van der Waals surface area contributed by atoms with E-state index in [4.69, 9.17) is 19.4 Å². The Labute approximate surface area is 175 Å². The molecule has 0 saturated heterocycles. The van der Waals surface area contributed by atoms with Crippen LogP contribution < -0.4 is 9.47 Å². The van der Waals surface area contributed by atoms with E-state index in [1.807, 2.05) is 12.1 Å². The van der Waals surface area contributed by atoms with Crippen LogP contribution in [0.2, 0.25) is 0 Å². The number of aromatic nitrogens is 2. The van der Waals surface area contributed by atoms with Crippen molar-refractivity contribution in [3.05, 3.63) is 40.7 Å². The SMILES string of the molecule is CN(C)C(=O)c1n[nH]c2c1CCN(Cc1ccc3c(c1)OCO3)C2.O=C(O)C(F)(F)F. The van der Waals surface area contributed by atoms with Gasteiger partial charge < -0.3 is 19.5 Å². The summed E-state index contributed by atoms with van der Waals surface area (Å²) in [6.07, 6.45) is -4.26. The van der Waals surface area contributed by atoms with E-state index in [-0.39, 0.29) is 5.91 Å². The molecule has 0 saturated carbocycles. The number of halogens is 3. The van der Waals surface area contributed by atoms with Crippen molar-refractivity contribution in [1.82, 2.24) is 20.0 Å². The van der Waals surface area contributed by atoms with E-state index in [1.54, 1.807) is 19.0 Å². The fraction of sp³-hybridized carbons (Fsp3) is 0.421. The number of carbonyl (C=O) groups excluding carboxylic acids is 1. The van der Waals surface area contributed by atoms with Crippen LogP contribution in [0, 0.1) is 0 Å². The quantitative estimate of drug-likeness (QED) is 0.749. The number of fused-ring (bicyclic) bond motifs is 2. The number of carboxylic acids is 1. The highest BCUT2D eigenvalue weighted by atomic mass is 19.4. The molecule has 31 heavy (non-hydrogen) atoms. The van der Waals surface area contributed by atoms with E-state index >= 15 is 0 Å². The molecule has 2 N–H and O–H groups in total. The van der Waals surface area contributed by atoms with Crippen molar-refractivity contribution in [3.8, 4) is 11.5 Å². The van der Waals surface area contributed by atoms with Gasteiger partial charge in [0.2, 0.25) is 6.79 Å². The summed E-state index contributed by atoms with van der Waals surface area (Å²) in [7, 11) is 3.50. The number of ether oxygens (including phenoxy) is 2. The third kappa shape index (κ3) is 5.26. The Kier molecular flexibility index (Phi) is 6.39. The lowest BCUT2D eigenvalue weighted by Gasteiger charge is -2.26. The van der Waals surface area contributed by atoms with Crippen molar-refractivity contribution in [2.45, 2.75) is 25.7 Å². The van der Waals surface area contributed by atoms with E-state index in [2.05, 4.69) is 21.2 Å². The second-order valence-corrected chi connectivity index (χ2v) is 7.18. The van der Waals surface area contributed by atoms with Gasteiger partial charge in [-0.15, -0.1) is 0 Å². The summed E-state index contributed by atoms with van der Waals surface area (Å²) in [5, 5.41) is 14.4. The number of benzene rings is 1. The molecule has 2 aliphatic rings. The van der Waals surface area contributed by atoms with Gasteiger partial charge in [-0.1, -0.05) is 6.07 Å². The number of carboxylic acid groups (broad SMARTS) is 1. The number of aromatic amines is 1. The Balaban J connectivity index is 0.000000339. The molecule has 2 aliphatic heterocycles. The molecule has 0 aliphatic carbocycles. The van der Waals surface area contributed by atoms with Crippen LogP contribution >= 0.6 is 0 Å². The molecule has 12 heteroatoms. The maximum atomic E-state index is 12.2. The Morgan fingerprint density at radius 2 is 1.94 bits per heavy atom. The lowest BCUT2D eigenvalue weighted by atomic mass is 10.0. The number of hydrogen-bond acceptors (Lipinski definition) is 6. The number of amides is 1. The van der Waals surface area contributed by atoms with Gasteiger partial charge in [0.1, 0.15) is 0 Å². The second-order valence-electron chi connectivity index (χ2n) is 7.18. The minimum absolute atomic E-state index is 0.0447. The van der Waals surface area contributed by atoms with Crippen molar-refractivity contribution in [2.24, 2.45) is 0 Å². The zero-order valence-corrected chi connectivity index (χ0v) is 16.8. The summed E-state index contributed by atoms with van der Waals surface area (Å²) in [5.74, 6) is -1.19. The molecule has 3 heterocycles. The highest BCUT2D eigenvalue weighted by Crippen LogP contribution is 2.33. The van der Waals surface area contributed by atoms with Gasteiger partial charge in [-0.2, -0.15) is 18.3 Å². The molecule has 2 aromatic rings. The molecule has 0 atom stereocenters. The first-order valence-corrected chi connectivity index (χ1v) is 9.25. The van der Waals surface area contributed by atoms with Crippen LogP contribution in [0.4, 0.5) is 13.2 Å². The molecule has 1 aromatic carbocycles. The number of nitrogens with one attached hydrogen (secondary N) is 1. The van der Waals surface area contributed by atoms with Gasteiger partial charge in [0.05, 0.1) is 5.69 Å². The average molecular weight is 442 g/mol. The van der Waals surface area contributed by atoms with Crippen molar-refractivity contribution in [3.63, 3.8) is 0 Å². The number of alkyl halides is 3. The van der Waals surface area contributed by atoms with Gasteiger partial charge >= 0.3 is 12.1 Å². The van der Waals surface area contributed by atoms with Crippen molar-refractivity contribution < 1.29 is 37.3 Å². The molecule has 168 valence electrons. The van der Waals surface area contributed by atoms with Crippen LogP contribution in [0.5, 0.6) is 11.5 Å². The maximum absolute atomic E-state index is 12.2. The normalized spacial score (nSPS) is 15.0. The number of carbonyl (C=O) groups is 2. The molecule has 0 fully saturated rings. The van der Waals surface area contributed by atoms with Gasteiger partial charge in [-0.05, 0) is 24.1 Å². The topological polar surface area (TPSA) is 108 Å². The smallest absolute Gasteiger partial charge is 0.475 e. The van der Waals surface area contributed by atoms with E-state index in [9.17, 15) is 18.0 Å². The fourth-order valence-electron chi connectivity index (χ4n) is 3.20. The number of hydrogen-bond donors (Lipinski definition) is 2. The van der Waals surface area contributed by atoms with Crippen LogP contribution in [0.3, 0.4) is 0 Å². The van der Waals surface area contributed by atoms with Gasteiger partial charge in [-0.25, -0.2) is 4.79 Å². The Morgan fingerprint density at radius 1 is 1.26 bits per heavy atom. The van der Waals surface area contributed by atoms with Crippen LogP contribution in [-0.2, 0) is 24.3 Å². The lowest BCUT2D eigenvalue weighted by molar-refractivity contribution is -0.192. The number of aliphatic carboxylic acids is 1. The minimum Gasteiger partial charge on any atom is -0.475 e. The molecular formula is C19H21F3N4O5. The van der Waals surface area contributed by atoms with E-state index < -0.39 is 12.1 Å². The summed E-state index contributed by atoms with van der Waals surface area (Å²) in [6.45, 7) is 2.78. The first-order valence-electron chi connectivity index (χ1n) is 9.25. The molecule has 0 unspecified atom stereocenters. The van der Waals surface area contributed by atoms with E-state index in [1.165, 1.54) is 5.56 Å². The average Bonchev–Trinajstić information content (AvgIpc) is 3.33. The number of nitrogens with zero attached hydrogens (tertiary/aromatic N) is 3. The van der Waals surface area contributed by atoms with Crippen LogP contribution in [0.1, 0.15) is 27.3 Å². The fourth-order valence-corrected chi connectivity index (χ4v) is 3.20. The highest BCUT2D eigenvalue weighted by Gasteiger charge is 2.38. The number of rotatable bonds is 3. The molecule has 1 amide bonds. The summed E-state index contributed by atoms with van der Waals surface area (Å²) >= 11 is 0. The first-order chi connectivity index (χ1) is 14.6.